The Morgan fingerprint density at radius 1 is 1.05 bits per heavy atom. The summed E-state index contributed by atoms with van der Waals surface area (Å²) in [4.78, 5) is 14.7. The van der Waals surface area contributed by atoms with Crippen molar-refractivity contribution in [3.63, 3.8) is 0 Å². The molecule has 2 fully saturated rings. The minimum Gasteiger partial charge on any atom is -0.342 e. The lowest BCUT2D eigenvalue weighted by molar-refractivity contribution is -0.139. The lowest BCUT2D eigenvalue weighted by Gasteiger charge is -2.39. The van der Waals surface area contributed by atoms with Crippen molar-refractivity contribution < 1.29 is 4.79 Å². The molecule has 110 valence electrons. The van der Waals surface area contributed by atoms with E-state index in [2.05, 4.69) is 13.8 Å². The maximum absolute atomic E-state index is 12.7. The summed E-state index contributed by atoms with van der Waals surface area (Å²) in [5, 5.41) is 0. The lowest BCUT2D eigenvalue weighted by Crippen LogP contribution is -2.49. The zero-order valence-corrected chi connectivity index (χ0v) is 12.8. The molecule has 0 saturated heterocycles. The monoisotopic (exact) mass is 266 g/mol. The lowest BCUT2D eigenvalue weighted by atomic mass is 9.78. The van der Waals surface area contributed by atoms with E-state index in [1.807, 2.05) is 11.9 Å². The van der Waals surface area contributed by atoms with E-state index in [0.717, 1.165) is 18.8 Å². The van der Waals surface area contributed by atoms with Gasteiger partial charge in [0.25, 0.3) is 0 Å². The molecule has 2 rings (SSSR count). The third-order valence-electron chi connectivity index (χ3n) is 5.29. The summed E-state index contributed by atoms with van der Waals surface area (Å²) in [6, 6.07) is 0.521. The highest BCUT2D eigenvalue weighted by Gasteiger charge is 2.35. The van der Waals surface area contributed by atoms with Crippen molar-refractivity contribution in [2.45, 2.75) is 70.9 Å². The van der Waals surface area contributed by atoms with E-state index in [9.17, 15) is 4.79 Å². The van der Waals surface area contributed by atoms with Crippen LogP contribution in [0.4, 0.5) is 0 Å². The first-order valence-corrected chi connectivity index (χ1v) is 8.01. The van der Waals surface area contributed by atoms with Gasteiger partial charge in [-0.25, -0.2) is 0 Å². The van der Waals surface area contributed by atoms with Crippen molar-refractivity contribution >= 4 is 5.91 Å². The number of hydrogen-bond acceptors (Lipinski definition) is 2. The van der Waals surface area contributed by atoms with Crippen LogP contribution in [0.1, 0.15) is 58.8 Å². The molecule has 2 N–H and O–H groups in total. The quantitative estimate of drug-likeness (QED) is 0.835. The van der Waals surface area contributed by atoms with Crippen LogP contribution in [0.3, 0.4) is 0 Å². The highest BCUT2D eigenvalue weighted by Crippen LogP contribution is 2.32. The Hall–Kier alpha value is -0.570. The number of nitrogens with two attached hydrogens (primary N) is 1. The first kappa shape index (κ1) is 14.8. The van der Waals surface area contributed by atoms with Gasteiger partial charge in [-0.3, -0.25) is 4.79 Å². The van der Waals surface area contributed by atoms with Gasteiger partial charge < -0.3 is 10.6 Å². The molecule has 5 unspecified atom stereocenters. The molecule has 3 nitrogen and oxygen atoms in total. The fraction of sp³-hybridized carbons (Fsp3) is 0.938. The molecular formula is C16H30N2O. The number of carbonyl (C=O) groups is 1. The van der Waals surface area contributed by atoms with Crippen molar-refractivity contribution in [2.75, 3.05) is 7.05 Å². The first-order valence-electron chi connectivity index (χ1n) is 8.01. The summed E-state index contributed by atoms with van der Waals surface area (Å²) < 4.78 is 0. The van der Waals surface area contributed by atoms with Crippen LogP contribution in [-0.4, -0.2) is 29.9 Å². The molecule has 3 heteroatoms. The summed E-state index contributed by atoms with van der Waals surface area (Å²) in [6.45, 7) is 4.55. The van der Waals surface area contributed by atoms with Gasteiger partial charge in [0.1, 0.15) is 0 Å². The summed E-state index contributed by atoms with van der Waals surface area (Å²) >= 11 is 0. The maximum Gasteiger partial charge on any atom is 0.227 e. The van der Waals surface area contributed by atoms with Gasteiger partial charge in [0.2, 0.25) is 5.91 Å². The third kappa shape index (κ3) is 3.50. The molecule has 0 bridgehead atoms. The fourth-order valence-corrected chi connectivity index (χ4v) is 3.88. The molecule has 0 aromatic heterocycles. The maximum atomic E-state index is 12.7. The van der Waals surface area contributed by atoms with Crippen molar-refractivity contribution in [1.82, 2.24) is 4.90 Å². The second-order valence-electron chi connectivity index (χ2n) is 7.06. The van der Waals surface area contributed by atoms with Crippen LogP contribution in [0.15, 0.2) is 0 Å². The van der Waals surface area contributed by atoms with Crippen LogP contribution in [0.5, 0.6) is 0 Å². The summed E-state index contributed by atoms with van der Waals surface area (Å²) in [7, 11) is 2.00. The molecule has 19 heavy (non-hydrogen) atoms. The van der Waals surface area contributed by atoms with Gasteiger partial charge in [-0.05, 0) is 43.9 Å². The fourth-order valence-electron chi connectivity index (χ4n) is 3.88. The second-order valence-corrected chi connectivity index (χ2v) is 7.06. The summed E-state index contributed by atoms with van der Waals surface area (Å²) in [5.41, 5.74) is 6.19. The molecule has 5 atom stereocenters. The number of hydrogen-bond donors (Lipinski definition) is 1. The first-order chi connectivity index (χ1) is 8.99. The second kappa shape index (κ2) is 6.25. The van der Waals surface area contributed by atoms with Crippen LogP contribution < -0.4 is 5.73 Å². The molecule has 0 aromatic carbocycles. The SMILES string of the molecule is CC1CCC(N)C(C(=O)N(C)C2CCCC(C)C2)C1. The Balaban J connectivity index is 1.97. The van der Waals surface area contributed by atoms with E-state index >= 15 is 0 Å². The zero-order chi connectivity index (χ0) is 14.0. The van der Waals surface area contributed by atoms with E-state index < -0.39 is 0 Å². The van der Waals surface area contributed by atoms with Gasteiger partial charge in [-0.15, -0.1) is 0 Å². The van der Waals surface area contributed by atoms with Crippen LogP contribution >= 0.6 is 0 Å². The Labute approximate surface area is 117 Å². The van der Waals surface area contributed by atoms with Gasteiger partial charge in [0, 0.05) is 19.1 Å². The van der Waals surface area contributed by atoms with Gasteiger partial charge in [-0.2, -0.15) is 0 Å². The molecule has 0 spiro atoms. The summed E-state index contributed by atoms with van der Waals surface area (Å²) in [6.07, 6.45) is 8.08. The molecule has 2 aliphatic rings. The molecule has 0 aliphatic heterocycles. The van der Waals surface area contributed by atoms with Crippen LogP contribution in [0, 0.1) is 17.8 Å². The standard InChI is InChI=1S/C16H30N2O/c1-11-5-4-6-13(9-11)18(3)16(19)14-10-12(2)7-8-15(14)17/h11-15H,4-10,17H2,1-3H3. The largest absolute Gasteiger partial charge is 0.342 e. The topological polar surface area (TPSA) is 46.3 Å². The van der Waals surface area contributed by atoms with E-state index in [1.165, 1.54) is 32.1 Å². The molecule has 0 heterocycles. The molecule has 2 aliphatic carbocycles. The third-order valence-corrected chi connectivity index (χ3v) is 5.29. The normalized spacial score (nSPS) is 39.9. The molecular weight excluding hydrogens is 236 g/mol. The molecule has 0 radical (unpaired) electrons. The van der Waals surface area contributed by atoms with Crippen molar-refractivity contribution in [1.29, 1.82) is 0 Å². The Morgan fingerprint density at radius 2 is 1.74 bits per heavy atom. The minimum atomic E-state index is 0.0611. The van der Waals surface area contributed by atoms with E-state index in [0.29, 0.717) is 17.9 Å². The predicted octanol–water partition coefficient (Wildman–Crippen LogP) is 2.79. The van der Waals surface area contributed by atoms with Gasteiger partial charge in [0.15, 0.2) is 0 Å². The van der Waals surface area contributed by atoms with Crippen molar-refractivity contribution in [3.8, 4) is 0 Å². The number of amides is 1. The van der Waals surface area contributed by atoms with E-state index in [1.54, 1.807) is 0 Å². The Morgan fingerprint density at radius 3 is 2.42 bits per heavy atom. The van der Waals surface area contributed by atoms with E-state index in [4.69, 9.17) is 5.73 Å². The molecule has 0 aromatic rings. The Kier molecular flexibility index (Phi) is 4.88. The predicted molar refractivity (Wildman–Crippen MR) is 78.7 cm³/mol. The van der Waals surface area contributed by atoms with Crippen molar-refractivity contribution in [2.24, 2.45) is 23.5 Å². The van der Waals surface area contributed by atoms with Crippen LogP contribution in [0.25, 0.3) is 0 Å². The number of rotatable bonds is 2. The average Bonchev–Trinajstić information content (AvgIpc) is 2.40. The molecule has 1 amide bonds. The smallest absolute Gasteiger partial charge is 0.227 e. The average molecular weight is 266 g/mol. The van der Waals surface area contributed by atoms with Gasteiger partial charge in [-0.1, -0.05) is 26.7 Å². The zero-order valence-electron chi connectivity index (χ0n) is 12.8. The van der Waals surface area contributed by atoms with Crippen LogP contribution in [-0.2, 0) is 4.79 Å². The number of carbonyl (C=O) groups excluding carboxylic acids is 1. The highest BCUT2D eigenvalue weighted by atomic mass is 16.2. The van der Waals surface area contributed by atoms with Crippen molar-refractivity contribution in [3.05, 3.63) is 0 Å². The summed E-state index contributed by atoms with van der Waals surface area (Å²) in [5.74, 6) is 1.77. The van der Waals surface area contributed by atoms with Crippen LogP contribution in [0.2, 0.25) is 0 Å². The number of nitrogens with zero attached hydrogens (tertiary/aromatic N) is 1. The van der Waals surface area contributed by atoms with Gasteiger partial charge in [0.05, 0.1) is 5.92 Å². The van der Waals surface area contributed by atoms with E-state index in [-0.39, 0.29) is 12.0 Å². The Bertz CT molecular complexity index is 318. The minimum absolute atomic E-state index is 0.0611. The molecule has 2 saturated carbocycles. The van der Waals surface area contributed by atoms with Gasteiger partial charge >= 0.3 is 0 Å². The highest BCUT2D eigenvalue weighted by molar-refractivity contribution is 5.79.